The number of hydrogen-bond donors (Lipinski definition) is 3. The van der Waals surface area contributed by atoms with Crippen molar-refractivity contribution in [2.45, 2.75) is 44.1 Å². The van der Waals surface area contributed by atoms with Gasteiger partial charge in [0.15, 0.2) is 6.10 Å². The highest BCUT2D eigenvalue weighted by Crippen LogP contribution is 2.29. The number of rotatable bonds is 16. The zero-order valence-corrected chi connectivity index (χ0v) is 23.2. The molecule has 6 heteroatoms. The van der Waals surface area contributed by atoms with Crippen LogP contribution in [0.25, 0.3) is 0 Å². The minimum Gasteiger partial charge on any atom is -0.493 e. The first kappa shape index (κ1) is 29.8. The number of aliphatic hydroxyl groups is 2. The topological polar surface area (TPSA) is 96.2 Å². The highest BCUT2D eigenvalue weighted by Gasteiger charge is 2.16. The van der Waals surface area contributed by atoms with Crippen LogP contribution >= 0.6 is 0 Å². The second-order valence-electron chi connectivity index (χ2n) is 10.1. The Bertz CT molecular complexity index is 1340. The Morgan fingerprint density at radius 1 is 0.732 bits per heavy atom. The molecule has 0 aliphatic rings. The number of carbonyl (C=O) groups is 1. The van der Waals surface area contributed by atoms with Gasteiger partial charge in [0.1, 0.15) is 11.5 Å². The molecule has 6 nitrogen and oxygen atoms in total. The molecule has 0 saturated carbocycles. The summed E-state index contributed by atoms with van der Waals surface area (Å²) in [5.41, 5.74) is 5.28. The van der Waals surface area contributed by atoms with Crippen molar-refractivity contribution >= 4 is 5.97 Å². The molecule has 2 atom stereocenters. The first-order valence-electron chi connectivity index (χ1n) is 14.1. The van der Waals surface area contributed by atoms with Crippen LogP contribution in [0.4, 0.5) is 0 Å². The first-order chi connectivity index (χ1) is 20.0. The minimum atomic E-state index is -1.44. The van der Waals surface area contributed by atoms with Crippen molar-refractivity contribution in [2.24, 2.45) is 0 Å². The van der Waals surface area contributed by atoms with E-state index in [9.17, 15) is 15.0 Å². The van der Waals surface area contributed by atoms with E-state index in [-0.39, 0.29) is 18.9 Å². The second kappa shape index (κ2) is 15.6. The Labute approximate surface area is 241 Å². The number of carboxylic acids is 1. The number of benzene rings is 4. The molecule has 0 aromatic heterocycles. The summed E-state index contributed by atoms with van der Waals surface area (Å²) in [6, 6.07) is 34.0. The molecule has 0 aliphatic carbocycles. The van der Waals surface area contributed by atoms with Crippen molar-refractivity contribution in [3.63, 3.8) is 0 Å². The lowest BCUT2D eigenvalue weighted by molar-refractivity contribution is -0.146. The third-order valence-corrected chi connectivity index (χ3v) is 7.08. The highest BCUT2D eigenvalue weighted by molar-refractivity contribution is 5.72. The van der Waals surface area contributed by atoms with Gasteiger partial charge in [0.25, 0.3) is 0 Å². The van der Waals surface area contributed by atoms with Gasteiger partial charge in [-0.3, -0.25) is 0 Å². The van der Waals surface area contributed by atoms with E-state index in [2.05, 4.69) is 36.4 Å². The Morgan fingerprint density at radius 2 is 1.39 bits per heavy atom. The van der Waals surface area contributed by atoms with Crippen LogP contribution in [-0.2, 0) is 24.1 Å². The van der Waals surface area contributed by atoms with E-state index in [1.165, 1.54) is 11.1 Å². The van der Waals surface area contributed by atoms with Crippen LogP contribution in [0, 0.1) is 0 Å². The maximum absolute atomic E-state index is 11.1. The smallest absolute Gasteiger partial charge is 0.332 e. The Kier molecular flexibility index (Phi) is 11.4. The molecule has 0 fully saturated rings. The van der Waals surface area contributed by atoms with Gasteiger partial charge in [-0.25, -0.2) is 4.79 Å². The van der Waals surface area contributed by atoms with Crippen molar-refractivity contribution in [1.82, 2.24) is 0 Å². The van der Waals surface area contributed by atoms with E-state index in [0.717, 1.165) is 41.0 Å². The van der Waals surface area contributed by atoms with Crippen LogP contribution in [0.2, 0.25) is 0 Å². The summed E-state index contributed by atoms with van der Waals surface area (Å²) in [6.07, 6.45) is 1.53. The predicted molar refractivity (Wildman–Crippen MR) is 160 cm³/mol. The summed E-state index contributed by atoms with van der Waals surface area (Å²) >= 11 is 0. The standard InChI is InChI=1S/C35H38O6/c36-21-20-32(28-10-5-2-6-11-28)29-15-17-31(18-16-29)40-22-7-23-41-34-19-13-27(25-33(37)35(38)39)24-30(34)14-12-26-8-3-1-4-9-26/h1-6,8-11,13,15-19,24,32-33,36-37H,7,12,14,20-23,25H2,(H,38,39). The van der Waals surface area contributed by atoms with Gasteiger partial charge < -0.3 is 24.8 Å². The normalized spacial score (nSPS) is 12.4. The first-order valence-corrected chi connectivity index (χ1v) is 14.1. The van der Waals surface area contributed by atoms with Crippen molar-refractivity contribution in [3.05, 3.63) is 131 Å². The highest BCUT2D eigenvalue weighted by atomic mass is 16.5. The van der Waals surface area contributed by atoms with Gasteiger partial charge in [-0.1, -0.05) is 84.9 Å². The quantitative estimate of drug-likeness (QED) is 0.151. The molecule has 0 radical (unpaired) electrons. The zero-order valence-electron chi connectivity index (χ0n) is 23.2. The zero-order chi connectivity index (χ0) is 28.9. The predicted octanol–water partition coefficient (Wildman–Crippen LogP) is 5.82. The van der Waals surface area contributed by atoms with E-state index in [4.69, 9.17) is 14.6 Å². The minimum absolute atomic E-state index is 0.0483. The molecule has 4 aromatic carbocycles. The maximum Gasteiger partial charge on any atom is 0.332 e. The molecular weight excluding hydrogens is 516 g/mol. The third kappa shape index (κ3) is 9.20. The van der Waals surface area contributed by atoms with Crippen molar-refractivity contribution in [3.8, 4) is 11.5 Å². The van der Waals surface area contributed by atoms with Crippen LogP contribution in [-0.4, -0.2) is 47.2 Å². The summed E-state index contributed by atoms with van der Waals surface area (Å²) in [5.74, 6) is 0.453. The number of aryl methyl sites for hydroxylation is 2. The van der Waals surface area contributed by atoms with E-state index in [1.54, 1.807) is 0 Å². The fourth-order valence-corrected chi connectivity index (χ4v) is 4.90. The lowest BCUT2D eigenvalue weighted by Gasteiger charge is -2.17. The van der Waals surface area contributed by atoms with Crippen LogP contribution in [0.1, 0.15) is 46.6 Å². The molecule has 3 N–H and O–H groups in total. The van der Waals surface area contributed by atoms with Crippen LogP contribution in [0.5, 0.6) is 11.5 Å². The Hall–Kier alpha value is -4.13. The molecule has 41 heavy (non-hydrogen) atoms. The van der Waals surface area contributed by atoms with Gasteiger partial charge in [0, 0.05) is 25.4 Å². The van der Waals surface area contributed by atoms with Gasteiger partial charge in [-0.2, -0.15) is 0 Å². The maximum atomic E-state index is 11.1. The van der Waals surface area contributed by atoms with Crippen molar-refractivity contribution in [2.75, 3.05) is 19.8 Å². The number of aliphatic carboxylic acids is 1. The number of aliphatic hydroxyl groups excluding tert-OH is 2. The molecular formula is C35H38O6. The Morgan fingerprint density at radius 3 is 2.07 bits per heavy atom. The summed E-state index contributed by atoms with van der Waals surface area (Å²) in [5, 5.41) is 28.4. The largest absolute Gasteiger partial charge is 0.493 e. The molecule has 2 unspecified atom stereocenters. The molecule has 214 valence electrons. The number of carboxylic acid groups (broad SMARTS) is 1. The fraction of sp³-hybridized carbons (Fsp3) is 0.286. The van der Waals surface area contributed by atoms with Crippen molar-refractivity contribution in [1.29, 1.82) is 0 Å². The monoisotopic (exact) mass is 554 g/mol. The summed E-state index contributed by atoms with van der Waals surface area (Å²) in [7, 11) is 0. The molecule has 4 rings (SSSR count). The van der Waals surface area contributed by atoms with Crippen LogP contribution < -0.4 is 9.47 Å². The van der Waals surface area contributed by atoms with Gasteiger partial charge in [0.2, 0.25) is 0 Å². The van der Waals surface area contributed by atoms with E-state index in [0.29, 0.717) is 26.1 Å². The lowest BCUT2D eigenvalue weighted by Crippen LogP contribution is -2.22. The van der Waals surface area contributed by atoms with E-state index in [1.807, 2.05) is 66.7 Å². The molecule has 4 aromatic rings. The van der Waals surface area contributed by atoms with E-state index >= 15 is 0 Å². The molecule has 0 saturated heterocycles. The van der Waals surface area contributed by atoms with Crippen LogP contribution in [0.15, 0.2) is 103 Å². The van der Waals surface area contributed by atoms with Gasteiger partial charge in [-0.05, 0) is 65.3 Å². The molecule has 0 heterocycles. The molecule has 0 spiro atoms. The molecule has 0 amide bonds. The SMILES string of the molecule is O=C(O)C(O)Cc1ccc(OCCCOc2ccc(C(CCO)c3ccccc3)cc2)c(CCc2ccccc2)c1. The summed E-state index contributed by atoms with van der Waals surface area (Å²) in [6.45, 7) is 1.10. The Balaban J connectivity index is 1.31. The van der Waals surface area contributed by atoms with Gasteiger partial charge in [0.05, 0.1) is 13.2 Å². The third-order valence-electron chi connectivity index (χ3n) is 7.08. The van der Waals surface area contributed by atoms with Gasteiger partial charge in [-0.15, -0.1) is 0 Å². The van der Waals surface area contributed by atoms with E-state index < -0.39 is 12.1 Å². The average Bonchev–Trinajstić information content (AvgIpc) is 3.00. The fourth-order valence-electron chi connectivity index (χ4n) is 4.90. The van der Waals surface area contributed by atoms with Crippen LogP contribution in [0.3, 0.4) is 0 Å². The molecule has 0 bridgehead atoms. The summed E-state index contributed by atoms with van der Waals surface area (Å²) in [4.78, 5) is 11.1. The number of ether oxygens (including phenoxy) is 2. The number of hydrogen-bond acceptors (Lipinski definition) is 5. The molecule has 0 aliphatic heterocycles. The average molecular weight is 555 g/mol. The summed E-state index contributed by atoms with van der Waals surface area (Å²) < 4.78 is 12.1. The van der Waals surface area contributed by atoms with Gasteiger partial charge >= 0.3 is 5.97 Å². The second-order valence-corrected chi connectivity index (χ2v) is 10.1. The lowest BCUT2D eigenvalue weighted by atomic mass is 9.89. The van der Waals surface area contributed by atoms with Crippen molar-refractivity contribution < 1.29 is 29.6 Å².